The van der Waals surface area contributed by atoms with E-state index >= 15 is 0 Å². The molecule has 0 aromatic heterocycles. The van der Waals surface area contributed by atoms with Crippen LogP contribution in [0.1, 0.15) is 25.3 Å². The summed E-state index contributed by atoms with van der Waals surface area (Å²) >= 11 is 5.93. The smallest absolute Gasteiger partial charge is 0.220 e. The standard InChI is InChI=1S/C15H20ClNO3S/c1-11(7-12-3-2-4-14(16)8-12)17-15(18)9-13-5-6-21(19,20)10-13/h2-4,8,11,13H,5-7,9-10H2,1H3,(H,17,18)/t11-,13-/m0/s1. The second-order valence-corrected chi connectivity index (χ2v) is 8.44. The minimum atomic E-state index is -2.92. The van der Waals surface area contributed by atoms with E-state index in [0.29, 0.717) is 24.3 Å². The number of halogens is 1. The molecule has 1 amide bonds. The monoisotopic (exact) mass is 329 g/mol. The van der Waals surface area contributed by atoms with E-state index in [4.69, 9.17) is 11.6 Å². The van der Waals surface area contributed by atoms with Crippen molar-refractivity contribution in [3.63, 3.8) is 0 Å². The van der Waals surface area contributed by atoms with Gasteiger partial charge in [-0.05, 0) is 43.4 Å². The van der Waals surface area contributed by atoms with Crippen LogP contribution in [0.2, 0.25) is 5.02 Å². The van der Waals surface area contributed by atoms with Gasteiger partial charge in [0, 0.05) is 17.5 Å². The Balaban J connectivity index is 1.80. The topological polar surface area (TPSA) is 63.2 Å². The molecule has 6 heteroatoms. The maximum Gasteiger partial charge on any atom is 0.220 e. The van der Waals surface area contributed by atoms with Crippen LogP contribution in [0.4, 0.5) is 0 Å². The molecule has 1 N–H and O–H groups in total. The van der Waals surface area contributed by atoms with E-state index in [1.165, 1.54) is 0 Å². The first-order valence-electron chi connectivity index (χ1n) is 7.08. The molecule has 0 bridgehead atoms. The van der Waals surface area contributed by atoms with Gasteiger partial charge in [-0.15, -0.1) is 0 Å². The second-order valence-electron chi connectivity index (χ2n) is 5.78. The SMILES string of the molecule is C[C@@H](Cc1cccc(Cl)c1)NC(=O)C[C@@H]1CCS(=O)(=O)C1. The Hall–Kier alpha value is -1.07. The van der Waals surface area contributed by atoms with Gasteiger partial charge in [0.25, 0.3) is 0 Å². The van der Waals surface area contributed by atoms with Crippen LogP contribution in [0.3, 0.4) is 0 Å². The third-order valence-electron chi connectivity index (χ3n) is 3.64. The summed E-state index contributed by atoms with van der Waals surface area (Å²) in [4.78, 5) is 11.9. The van der Waals surface area contributed by atoms with Gasteiger partial charge in [-0.1, -0.05) is 23.7 Å². The molecule has 1 aliphatic heterocycles. The molecule has 1 saturated heterocycles. The molecule has 0 spiro atoms. The maximum absolute atomic E-state index is 11.9. The van der Waals surface area contributed by atoms with Crippen molar-refractivity contribution in [2.75, 3.05) is 11.5 Å². The number of rotatable bonds is 5. The minimum Gasteiger partial charge on any atom is -0.353 e. The number of hydrogen-bond acceptors (Lipinski definition) is 3. The lowest BCUT2D eigenvalue weighted by atomic mass is 10.0. The molecule has 1 heterocycles. The van der Waals surface area contributed by atoms with Gasteiger partial charge in [-0.25, -0.2) is 8.42 Å². The molecule has 1 fully saturated rings. The average molecular weight is 330 g/mol. The molecule has 21 heavy (non-hydrogen) atoms. The van der Waals surface area contributed by atoms with E-state index < -0.39 is 9.84 Å². The molecule has 1 aromatic carbocycles. The van der Waals surface area contributed by atoms with E-state index in [-0.39, 0.29) is 29.4 Å². The Kier molecular flexibility index (Phi) is 5.27. The van der Waals surface area contributed by atoms with Gasteiger partial charge in [0.1, 0.15) is 0 Å². The average Bonchev–Trinajstić information content (AvgIpc) is 2.67. The van der Waals surface area contributed by atoms with Gasteiger partial charge >= 0.3 is 0 Å². The van der Waals surface area contributed by atoms with Crippen molar-refractivity contribution in [1.82, 2.24) is 5.32 Å². The van der Waals surface area contributed by atoms with E-state index in [9.17, 15) is 13.2 Å². The van der Waals surface area contributed by atoms with Crippen LogP contribution in [0.5, 0.6) is 0 Å². The zero-order valence-electron chi connectivity index (χ0n) is 12.0. The Bertz CT molecular complexity index is 615. The molecule has 2 atom stereocenters. The number of carbonyl (C=O) groups excluding carboxylic acids is 1. The predicted octanol–water partition coefficient (Wildman–Crippen LogP) is 2.21. The maximum atomic E-state index is 11.9. The molecule has 0 aliphatic carbocycles. The number of carbonyl (C=O) groups is 1. The fraction of sp³-hybridized carbons (Fsp3) is 0.533. The van der Waals surface area contributed by atoms with Crippen LogP contribution >= 0.6 is 11.6 Å². The van der Waals surface area contributed by atoms with Crippen molar-refractivity contribution in [3.8, 4) is 0 Å². The van der Waals surface area contributed by atoms with Crippen molar-refractivity contribution in [2.45, 2.75) is 32.2 Å². The number of amides is 1. The molecule has 0 radical (unpaired) electrons. The van der Waals surface area contributed by atoms with E-state index in [2.05, 4.69) is 5.32 Å². The van der Waals surface area contributed by atoms with Gasteiger partial charge in [0.2, 0.25) is 5.91 Å². The highest BCUT2D eigenvalue weighted by atomic mass is 35.5. The van der Waals surface area contributed by atoms with Gasteiger partial charge in [-0.3, -0.25) is 4.79 Å². The second kappa shape index (κ2) is 6.79. The molecular weight excluding hydrogens is 310 g/mol. The summed E-state index contributed by atoms with van der Waals surface area (Å²) in [6.45, 7) is 1.93. The van der Waals surface area contributed by atoms with E-state index in [1.807, 2.05) is 31.2 Å². The highest BCUT2D eigenvalue weighted by molar-refractivity contribution is 7.91. The molecule has 0 unspecified atom stereocenters. The summed E-state index contributed by atoms with van der Waals surface area (Å²) in [6, 6.07) is 7.55. The quantitative estimate of drug-likeness (QED) is 0.900. The zero-order valence-corrected chi connectivity index (χ0v) is 13.6. The van der Waals surface area contributed by atoms with Gasteiger partial charge in [0.15, 0.2) is 9.84 Å². The molecule has 1 aliphatic rings. The number of hydrogen-bond donors (Lipinski definition) is 1. The number of benzene rings is 1. The molecule has 2 rings (SSSR count). The van der Waals surface area contributed by atoms with Crippen LogP contribution < -0.4 is 5.32 Å². The van der Waals surface area contributed by atoms with Crippen molar-refractivity contribution in [3.05, 3.63) is 34.9 Å². The van der Waals surface area contributed by atoms with Crippen molar-refractivity contribution in [2.24, 2.45) is 5.92 Å². The third-order valence-corrected chi connectivity index (χ3v) is 5.71. The zero-order chi connectivity index (χ0) is 15.5. The first-order valence-corrected chi connectivity index (χ1v) is 9.28. The Labute approximate surface area is 130 Å². The van der Waals surface area contributed by atoms with Crippen molar-refractivity contribution in [1.29, 1.82) is 0 Å². The summed E-state index contributed by atoms with van der Waals surface area (Å²) in [5, 5.41) is 3.61. The van der Waals surface area contributed by atoms with E-state index in [0.717, 1.165) is 5.56 Å². The minimum absolute atomic E-state index is 0.00558. The Morgan fingerprint density at radius 3 is 2.86 bits per heavy atom. The predicted molar refractivity (Wildman–Crippen MR) is 84.1 cm³/mol. The number of sulfone groups is 1. The van der Waals surface area contributed by atoms with E-state index in [1.54, 1.807) is 0 Å². The largest absolute Gasteiger partial charge is 0.353 e. The Morgan fingerprint density at radius 1 is 1.48 bits per heavy atom. The Morgan fingerprint density at radius 2 is 2.24 bits per heavy atom. The summed E-state index contributed by atoms with van der Waals surface area (Å²) in [5.41, 5.74) is 1.07. The fourth-order valence-electron chi connectivity index (χ4n) is 2.70. The summed E-state index contributed by atoms with van der Waals surface area (Å²) in [6.07, 6.45) is 1.59. The number of nitrogens with one attached hydrogen (secondary N) is 1. The molecule has 116 valence electrons. The molecule has 4 nitrogen and oxygen atoms in total. The lowest BCUT2D eigenvalue weighted by Gasteiger charge is -2.15. The first-order chi connectivity index (χ1) is 9.84. The van der Waals surface area contributed by atoms with Gasteiger partial charge in [0.05, 0.1) is 11.5 Å². The van der Waals surface area contributed by atoms with Crippen LogP contribution in [0.15, 0.2) is 24.3 Å². The lowest BCUT2D eigenvalue weighted by Crippen LogP contribution is -2.35. The fourth-order valence-corrected chi connectivity index (χ4v) is 4.77. The van der Waals surface area contributed by atoms with Crippen molar-refractivity contribution >= 4 is 27.3 Å². The highest BCUT2D eigenvalue weighted by Gasteiger charge is 2.29. The lowest BCUT2D eigenvalue weighted by molar-refractivity contribution is -0.122. The summed E-state index contributed by atoms with van der Waals surface area (Å²) in [5.74, 6) is 0.242. The summed E-state index contributed by atoms with van der Waals surface area (Å²) < 4.78 is 22.7. The van der Waals surface area contributed by atoms with Crippen molar-refractivity contribution < 1.29 is 13.2 Å². The van der Waals surface area contributed by atoms with Crippen LogP contribution in [-0.4, -0.2) is 31.9 Å². The molecule has 1 aromatic rings. The molecule has 0 saturated carbocycles. The normalized spacial score (nSPS) is 21.9. The summed E-state index contributed by atoms with van der Waals surface area (Å²) in [7, 11) is -2.92. The molecular formula is C15H20ClNO3S. The van der Waals surface area contributed by atoms with Gasteiger partial charge in [-0.2, -0.15) is 0 Å². The highest BCUT2D eigenvalue weighted by Crippen LogP contribution is 2.21. The van der Waals surface area contributed by atoms with Crippen LogP contribution in [-0.2, 0) is 21.1 Å². The van der Waals surface area contributed by atoms with Gasteiger partial charge < -0.3 is 5.32 Å². The third kappa shape index (κ3) is 5.32. The van der Waals surface area contributed by atoms with Crippen LogP contribution in [0.25, 0.3) is 0 Å². The first kappa shape index (κ1) is 16.3. The van der Waals surface area contributed by atoms with Crippen LogP contribution in [0, 0.1) is 5.92 Å².